The van der Waals surface area contributed by atoms with E-state index in [1.165, 1.54) is 5.56 Å². The number of amides is 1. The van der Waals surface area contributed by atoms with Gasteiger partial charge in [0.15, 0.2) is 0 Å². The number of nitriles is 1. The molecule has 25 heavy (non-hydrogen) atoms. The molecule has 0 aliphatic carbocycles. The Kier molecular flexibility index (Phi) is 4.67. The van der Waals surface area contributed by atoms with E-state index in [4.69, 9.17) is 0 Å². The van der Waals surface area contributed by atoms with E-state index in [0.29, 0.717) is 5.69 Å². The fraction of sp³-hybridized carbons (Fsp3) is 0.143. The van der Waals surface area contributed by atoms with Crippen LogP contribution in [0.2, 0.25) is 0 Å². The Morgan fingerprint density at radius 1 is 1.24 bits per heavy atom. The highest BCUT2D eigenvalue weighted by Gasteiger charge is 2.12. The van der Waals surface area contributed by atoms with Gasteiger partial charge in [0.05, 0.1) is 0 Å². The number of nitrogens with one attached hydrogen (secondary N) is 2. The highest BCUT2D eigenvalue weighted by Crippen LogP contribution is 2.24. The molecule has 0 saturated carbocycles. The number of carbonyl (C=O) groups excluding carboxylic acids is 1. The van der Waals surface area contributed by atoms with E-state index in [2.05, 4.69) is 23.3 Å². The zero-order chi connectivity index (χ0) is 17.8. The highest BCUT2D eigenvalue weighted by atomic mass is 16.1. The van der Waals surface area contributed by atoms with Crippen LogP contribution in [-0.4, -0.2) is 10.9 Å². The molecule has 0 radical (unpaired) electrons. The number of hydrogen-bond acceptors (Lipinski definition) is 2. The smallest absolute Gasteiger partial charge is 0.266 e. The standard InChI is InChI=1S/C21H19N3O/c1-3-15-5-4-6-19-17(13-23-20(15)19)11-16(12-22)21(25)24-18-9-7-14(2)8-10-18/h4-11,13,23H,3H2,1-2H3,(H,24,25). The number of anilines is 1. The molecule has 1 aromatic heterocycles. The summed E-state index contributed by atoms with van der Waals surface area (Å²) < 4.78 is 0. The Balaban J connectivity index is 1.91. The molecule has 0 spiro atoms. The summed E-state index contributed by atoms with van der Waals surface area (Å²) in [6.07, 6.45) is 4.38. The molecule has 4 heteroatoms. The molecule has 0 saturated heterocycles. The number of H-pyrrole nitrogens is 1. The number of nitrogens with zero attached hydrogens (tertiary/aromatic N) is 1. The van der Waals surface area contributed by atoms with Gasteiger partial charge in [0.2, 0.25) is 0 Å². The van der Waals surface area contributed by atoms with Crippen LogP contribution in [-0.2, 0) is 11.2 Å². The zero-order valence-corrected chi connectivity index (χ0v) is 14.3. The topological polar surface area (TPSA) is 68.7 Å². The van der Waals surface area contributed by atoms with Gasteiger partial charge < -0.3 is 10.3 Å². The van der Waals surface area contributed by atoms with Crippen molar-refractivity contribution in [1.29, 1.82) is 5.26 Å². The van der Waals surface area contributed by atoms with Crippen LogP contribution in [0.1, 0.15) is 23.6 Å². The van der Waals surface area contributed by atoms with Crippen molar-refractivity contribution < 1.29 is 4.79 Å². The second-order valence-electron chi connectivity index (χ2n) is 5.93. The number of fused-ring (bicyclic) bond motifs is 1. The van der Waals surface area contributed by atoms with Crippen molar-refractivity contribution in [1.82, 2.24) is 4.98 Å². The van der Waals surface area contributed by atoms with Crippen LogP contribution in [0.15, 0.2) is 54.2 Å². The lowest BCUT2D eigenvalue weighted by Gasteiger charge is -2.04. The number of benzene rings is 2. The number of aromatic nitrogens is 1. The average molecular weight is 329 g/mol. The van der Waals surface area contributed by atoms with Gasteiger partial charge in [-0.2, -0.15) is 5.26 Å². The van der Waals surface area contributed by atoms with E-state index in [0.717, 1.165) is 28.5 Å². The predicted molar refractivity (Wildman–Crippen MR) is 101 cm³/mol. The number of aryl methyl sites for hydroxylation is 2. The maximum absolute atomic E-state index is 12.4. The summed E-state index contributed by atoms with van der Waals surface area (Å²) in [7, 11) is 0. The summed E-state index contributed by atoms with van der Waals surface area (Å²) in [5.74, 6) is -0.410. The lowest BCUT2D eigenvalue weighted by Crippen LogP contribution is -2.13. The zero-order valence-electron chi connectivity index (χ0n) is 14.3. The van der Waals surface area contributed by atoms with Gasteiger partial charge in [-0.05, 0) is 37.1 Å². The molecule has 1 heterocycles. The van der Waals surface area contributed by atoms with Crippen LogP contribution in [0.4, 0.5) is 5.69 Å². The van der Waals surface area contributed by atoms with Crippen molar-refractivity contribution in [3.8, 4) is 6.07 Å². The number of hydrogen-bond donors (Lipinski definition) is 2. The van der Waals surface area contributed by atoms with Crippen molar-refractivity contribution >= 4 is 28.6 Å². The minimum atomic E-state index is -0.410. The molecule has 4 nitrogen and oxygen atoms in total. The van der Waals surface area contributed by atoms with Crippen molar-refractivity contribution in [2.24, 2.45) is 0 Å². The third-order valence-corrected chi connectivity index (χ3v) is 4.19. The van der Waals surface area contributed by atoms with Gasteiger partial charge in [-0.15, -0.1) is 0 Å². The molecule has 0 unspecified atom stereocenters. The second kappa shape index (κ2) is 7.06. The van der Waals surface area contributed by atoms with E-state index in [1.807, 2.05) is 55.6 Å². The molecular formula is C21H19N3O. The summed E-state index contributed by atoms with van der Waals surface area (Å²) in [5, 5.41) is 13.2. The normalized spacial score (nSPS) is 11.3. The van der Waals surface area contributed by atoms with Crippen LogP contribution in [0.25, 0.3) is 17.0 Å². The van der Waals surface area contributed by atoms with E-state index < -0.39 is 5.91 Å². The van der Waals surface area contributed by atoms with Crippen LogP contribution >= 0.6 is 0 Å². The van der Waals surface area contributed by atoms with E-state index in [1.54, 1.807) is 6.08 Å². The lowest BCUT2D eigenvalue weighted by atomic mass is 10.1. The second-order valence-corrected chi connectivity index (χ2v) is 5.93. The highest BCUT2D eigenvalue weighted by molar-refractivity contribution is 6.10. The molecule has 3 rings (SSSR count). The third-order valence-electron chi connectivity index (χ3n) is 4.19. The monoisotopic (exact) mass is 329 g/mol. The average Bonchev–Trinajstić information content (AvgIpc) is 3.04. The van der Waals surface area contributed by atoms with Gasteiger partial charge in [0.1, 0.15) is 11.6 Å². The predicted octanol–water partition coefficient (Wildman–Crippen LogP) is 4.58. The van der Waals surface area contributed by atoms with Gasteiger partial charge in [0, 0.05) is 28.4 Å². The molecular weight excluding hydrogens is 310 g/mol. The summed E-state index contributed by atoms with van der Waals surface area (Å²) in [5.41, 5.74) is 4.94. The Morgan fingerprint density at radius 3 is 2.68 bits per heavy atom. The number of aromatic amines is 1. The van der Waals surface area contributed by atoms with Gasteiger partial charge in [-0.1, -0.05) is 42.8 Å². The van der Waals surface area contributed by atoms with Gasteiger partial charge in [-0.25, -0.2) is 0 Å². The Morgan fingerprint density at radius 2 is 2.00 bits per heavy atom. The minimum Gasteiger partial charge on any atom is -0.360 e. The van der Waals surface area contributed by atoms with Gasteiger partial charge in [-0.3, -0.25) is 4.79 Å². The van der Waals surface area contributed by atoms with Crippen molar-refractivity contribution in [3.63, 3.8) is 0 Å². The fourth-order valence-corrected chi connectivity index (χ4v) is 2.79. The first-order chi connectivity index (χ1) is 12.1. The SMILES string of the molecule is CCc1cccc2c(C=C(C#N)C(=O)Nc3ccc(C)cc3)c[nH]c12. The summed E-state index contributed by atoms with van der Waals surface area (Å²) in [6, 6.07) is 15.5. The molecule has 124 valence electrons. The van der Waals surface area contributed by atoms with Crippen LogP contribution in [0.5, 0.6) is 0 Å². The molecule has 0 atom stereocenters. The molecule has 2 aromatic carbocycles. The number of carbonyl (C=O) groups is 1. The summed E-state index contributed by atoms with van der Waals surface area (Å²) in [4.78, 5) is 15.6. The maximum Gasteiger partial charge on any atom is 0.266 e. The Labute approximate surface area is 146 Å². The quantitative estimate of drug-likeness (QED) is 0.543. The van der Waals surface area contributed by atoms with E-state index in [9.17, 15) is 10.1 Å². The lowest BCUT2D eigenvalue weighted by molar-refractivity contribution is -0.112. The molecule has 0 aliphatic rings. The van der Waals surface area contributed by atoms with E-state index >= 15 is 0 Å². The maximum atomic E-state index is 12.4. The third kappa shape index (κ3) is 3.46. The first-order valence-corrected chi connectivity index (χ1v) is 8.21. The minimum absolute atomic E-state index is 0.0726. The van der Waals surface area contributed by atoms with Crippen LogP contribution in [0.3, 0.4) is 0 Å². The molecule has 1 amide bonds. The first-order valence-electron chi connectivity index (χ1n) is 8.21. The molecule has 3 aromatic rings. The van der Waals surface area contributed by atoms with Crippen molar-refractivity contribution in [3.05, 3.63) is 70.9 Å². The van der Waals surface area contributed by atoms with Crippen molar-refractivity contribution in [2.75, 3.05) is 5.32 Å². The molecule has 0 aliphatic heterocycles. The summed E-state index contributed by atoms with van der Waals surface area (Å²) >= 11 is 0. The number of rotatable bonds is 4. The van der Waals surface area contributed by atoms with Gasteiger partial charge in [0.25, 0.3) is 5.91 Å². The Hall–Kier alpha value is -3.32. The molecule has 0 bridgehead atoms. The van der Waals surface area contributed by atoms with Crippen LogP contribution in [0, 0.1) is 18.3 Å². The Bertz CT molecular complexity index is 988. The number of para-hydroxylation sites is 1. The van der Waals surface area contributed by atoms with E-state index in [-0.39, 0.29) is 5.57 Å². The summed E-state index contributed by atoms with van der Waals surface area (Å²) in [6.45, 7) is 4.08. The van der Waals surface area contributed by atoms with Gasteiger partial charge >= 0.3 is 0 Å². The first kappa shape index (κ1) is 16.5. The van der Waals surface area contributed by atoms with Crippen molar-refractivity contribution in [2.45, 2.75) is 20.3 Å². The fourth-order valence-electron chi connectivity index (χ4n) is 2.79. The molecule has 2 N–H and O–H groups in total. The largest absolute Gasteiger partial charge is 0.360 e. The van der Waals surface area contributed by atoms with Crippen LogP contribution < -0.4 is 5.32 Å². The molecule has 0 fully saturated rings.